The fourth-order valence-electron chi connectivity index (χ4n) is 2.74. The Labute approximate surface area is 170 Å². The topological polar surface area (TPSA) is 72.5 Å². The molecule has 150 valence electrons. The number of ether oxygens (including phenoxy) is 2. The first-order valence-corrected chi connectivity index (χ1v) is 9.45. The molecule has 2 aromatic carbocycles. The molecule has 1 amide bonds. The first-order valence-electron chi connectivity index (χ1n) is 9.45. The molecule has 0 radical (unpaired) electrons. The van der Waals surface area contributed by atoms with Gasteiger partial charge in [0.15, 0.2) is 0 Å². The molecule has 3 rings (SSSR count). The molecule has 6 heteroatoms. The lowest BCUT2D eigenvalue weighted by molar-refractivity contribution is -0.115. The smallest absolute Gasteiger partial charge is 0.228 e. The van der Waals surface area contributed by atoms with E-state index in [1.54, 1.807) is 13.3 Å². The maximum absolute atomic E-state index is 12.3. The van der Waals surface area contributed by atoms with Crippen molar-refractivity contribution in [3.63, 3.8) is 0 Å². The standard InChI is InChI=1S/C23H25N3O3/c1-16(2)29-21-7-5-4-6-20(21)26-22-13-10-18(15-24-22)25-23(27)14-17-8-11-19(28-3)12-9-17/h4-13,15-16H,14H2,1-3H3,(H,24,26)(H,25,27). The molecule has 2 N–H and O–H groups in total. The van der Waals surface area contributed by atoms with Crippen LogP contribution in [0.1, 0.15) is 19.4 Å². The highest BCUT2D eigenvalue weighted by Crippen LogP contribution is 2.27. The lowest BCUT2D eigenvalue weighted by Crippen LogP contribution is -2.14. The lowest BCUT2D eigenvalue weighted by atomic mass is 10.1. The Morgan fingerprint density at radius 1 is 1.03 bits per heavy atom. The summed E-state index contributed by atoms with van der Waals surface area (Å²) in [5.41, 5.74) is 2.39. The van der Waals surface area contributed by atoms with E-state index in [1.165, 1.54) is 0 Å². The second-order valence-electron chi connectivity index (χ2n) is 6.79. The van der Waals surface area contributed by atoms with E-state index in [-0.39, 0.29) is 18.4 Å². The Balaban J connectivity index is 1.59. The Morgan fingerprint density at radius 3 is 2.45 bits per heavy atom. The highest BCUT2D eigenvalue weighted by Gasteiger charge is 2.08. The van der Waals surface area contributed by atoms with Gasteiger partial charge in [-0.15, -0.1) is 0 Å². The number of nitrogens with zero attached hydrogens (tertiary/aromatic N) is 1. The molecule has 6 nitrogen and oxygen atoms in total. The molecule has 0 saturated carbocycles. The van der Waals surface area contributed by atoms with E-state index in [4.69, 9.17) is 9.47 Å². The van der Waals surface area contributed by atoms with Crippen LogP contribution in [-0.2, 0) is 11.2 Å². The van der Waals surface area contributed by atoms with Gasteiger partial charge in [0.05, 0.1) is 37.2 Å². The lowest BCUT2D eigenvalue weighted by Gasteiger charge is -2.15. The molecule has 0 spiro atoms. The maximum Gasteiger partial charge on any atom is 0.228 e. The number of hydrogen-bond donors (Lipinski definition) is 2. The molecule has 1 heterocycles. The molecule has 3 aromatic rings. The number of nitrogens with one attached hydrogen (secondary N) is 2. The molecule has 0 bridgehead atoms. The van der Waals surface area contributed by atoms with Gasteiger partial charge >= 0.3 is 0 Å². The number of methoxy groups -OCH3 is 1. The van der Waals surface area contributed by atoms with E-state index >= 15 is 0 Å². The summed E-state index contributed by atoms with van der Waals surface area (Å²) in [6, 6.07) is 18.8. The number of para-hydroxylation sites is 2. The minimum atomic E-state index is -0.103. The number of carbonyl (C=O) groups excluding carboxylic acids is 1. The summed E-state index contributed by atoms with van der Waals surface area (Å²) >= 11 is 0. The van der Waals surface area contributed by atoms with Gasteiger partial charge in [0.2, 0.25) is 5.91 Å². The fraction of sp³-hybridized carbons (Fsp3) is 0.217. The normalized spacial score (nSPS) is 10.5. The van der Waals surface area contributed by atoms with Crippen LogP contribution in [-0.4, -0.2) is 24.1 Å². The monoisotopic (exact) mass is 391 g/mol. The Bertz CT molecular complexity index is 938. The van der Waals surface area contributed by atoms with Crippen LogP contribution in [0.5, 0.6) is 11.5 Å². The van der Waals surface area contributed by atoms with Gasteiger partial charge < -0.3 is 20.1 Å². The van der Waals surface area contributed by atoms with Gasteiger partial charge in [-0.05, 0) is 55.8 Å². The summed E-state index contributed by atoms with van der Waals surface area (Å²) in [4.78, 5) is 16.6. The van der Waals surface area contributed by atoms with Crippen molar-refractivity contribution >= 4 is 23.1 Å². The molecule has 0 saturated heterocycles. The Kier molecular flexibility index (Phi) is 6.68. The minimum Gasteiger partial charge on any atom is -0.497 e. The van der Waals surface area contributed by atoms with Crippen molar-refractivity contribution in [1.82, 2.24) is 4.98 Å². The number of benzene rings is 2. The molecule has 0 aliphatic rings. The van der Waals surface area contributed by atoms with Crippen LogP contribution < -0.4 is 20.1 Å². The van der Waals surface area contributed by atoms with Gasteiger partial charge in [0.1, 0.15) is 17.3 Å². The molecule has 0 unspecified atom stereocenters. The van der Waals surface area contributed by atoms with Crippen molar-refractivity contribution < 1.29 is 14.3 Å². The van der Waals surface area contributed by atoms with Crippen molar-refractivity contribution in [2.45, 2.75) is 26.4 Å². The number of hydrogen-bond acceptors (Lipinski definition) is 5. The van der Waals surface area contributed by atoms with Crippen molar-refractivity contribution in [2.75, 3.05) is 17.7 Å². The predicted octanol–water partition coefficient (Wildman–Crippen LogP) is 4.80. The zero-order valence-corrected chi connectivity index (χ0v) is 16.8. The SMILES string of the molecule is COc1ccc(CC(=O)Nc2ccc(Nc3ccccc3OC(C)C)nc2)cc1. The van der Waals surface area contributed by atoms with E-state index in [0.29, 0.717) is 11.5 Å². The van der Waals surface area contributed by atoms with E-state index in [0.717, 1.165) is 22.7 Å². The fourth-order valence-corrected chi connectivity index (χ4v) is 2.74. The largest absolute Gasteiger partial charge is 0.497 e. The molecule has 0 aliphatic heterocycles. The average molecular weight is 391 g/mol. The van der Waals surface area contributed by atoms with Gasteiger partial charge in [0, 0.05) is 0 Å². The van der Waals surface area contributed by atoms with Crippen LogP contribution in [0, 0.1) is 0 Å². The van der Waals surface area contributed by atoms with Crippen molar-refractivity contribution in [1.29, 1.82) is 0 Å². The second kappa shape index (κ2) is 9.59. The summed E-state index contributed by atoms with van der Waals surface area (Å²) in [6.07, 6.45) is 1.98. The van der Waals surface area contributed by atoms with Crippen LogP contribution in [0.4, 0.5) is 17.2 Å². The zero-order valence-electron chi connectivity index (χ0n) is 16.8. The van der Waals surface area contributed by atoms with E-state index in [9.17, 15) is 4.79 Å². The summed E-state index contributed by atoms with van der Waals surface area (Å²) in [6.45, 7) is 3.97. The molecular weight excluding hydrogens is 366 g/mol. The first kappa shape index (κ1) is 20.2. The third-order valence-electron chi connectivity index (χ3n) is 4.08. The summed E-state index contributed by atoms with van der Waals surface area (Å²) < 4.78 is 10.9. The van der Waals surface area contributed by atoms with Gasteiger partial charge in [-0.2, -0.15) is 0 Å². The summed E-state index contributed by atoms with van der Waals surface area (Å²) in [5.74, 6) is 2.09. The molecule has 0 fully saturated rings. The minimum absolute atomic E-state index is 0.0780. The van der Waals surface area contributed by atoms with Crippen LogP contribution in [0.15, 0.2) is 66.9 Å². The molecule has 0 aliphatic carbocycles. The third-order valence-corrected chi connectivity index (χ3v) is 4.08. The average Bonchev–Trinajstić information content (AvgIpc) is 2.71. The van der Waals surface area contributed by atoms with Crippen molar-refractivity contribution in [3.05, 3.63) is 72.4 Å². The number of anilines is 3. The van der Waals surface area contributed by atoms with E-state index in [1.807, 2.05) is 74.5 Å². The Hall–Kier alpha value is -3.54. The van der Waals surface area contributed by atoms with Gasteiger partial charge in [-0.1, -0.05) is 24.3 Å². The predicted molar refractivity (Wildman–Crippen MR) is 115 cm³/mol. The zero-order chi connectivity index (χ0) is 20.6. The molecular formula is C23H25N3O3. The van der Waals surface area contributed by atoms with Crippen LogP contribution in [0.2, 0.25) is 0 Å². The first-order chi connectivity index (χ1) is 14.0. The highest BCUT2D eigenvalue weighted by molar-refractivity contribution is 5.92. The molecule has 29 heavy (non-hydrogen) atoms. The van der Waals surface area contributed by atoms with E-state index < -0.39 is 0 Å². The number of pyridine rings is 1. The number of carbonyl (C=O) groups is 1. The maximum atomic E-state index is 12.3. The van der Waals surface area contributed by atoms with Crippen LogP contribution >= 0.6 is 0 Å². The van der Waals surface area contributed by atoms with Crippen molar-refractivity contribution in [3.8, 4) is 11.5 Å². The number of rotatable bonds is 8. The molecule has 0 atom stereocenters. The summed E-state index contributed by atoms with van der Waals surface area (Å²) in [7, 11) is 1.61. The van der Waals surface area contributed by atoms with Gasteiger partial charge in [-0.3, -0.25) is 4.79 Å². The van der Waals surface area contributed by atoms with Crippen molar-refractivity contribution in [2.24, 2.45) is 0 Å². The van der Waals surface area contributed by atoms with E-state index in [2.05, 4.69) is 15.6 Å². The number of aromatic nitrogens is 1. The third kappa shape index (κ3) is 5.97. The Morgan fingerprint density at radius 2 is 1.79 bits per heavy atom. The number of amides is 1. The highest BCUT2D eigenvalue weighted by atomic mass is 16.5. The molecule has 1 aromatic heterocycles. The van der Waals surface area contributed by atoms with Crippen LogP contribution in [0.3, 0.4) is 0 Å². The second-order valence-corrected chi connectivity index (χ2v) is 6.79. The summed E-state index contributed by atoms with van der Waals surface area (Å²) in [5, 5.41) is 6.11. The van der Waals surface area contributed by atoms with Crippen LogP contribution in [0.25, 0.3) is 0 Å². The van der Waals surface area contributed by atoms with Gasteiger partial charge in [0.25, 0.3) is 0 Å². The van der Waals surface area contributed by atoms with Gasteiger partial charge in [-0.25, -0.2) is 4.98 Å². The quantitative estimate of drug-likeness (QED) is 0.577.